The molecule has 0 amide bonds. The van der Waals surface area contributed by atoms with Gasteiger partial charge in [-0.3, -0.25) is 4.99 Å². The van der Waals surface area contributed by atoms with E-state index in [-0.39, 0.29) is 29.7 Å². The van der Waals surface area contributed by atoms with Crippen LogP contribution in [0.1, 0.15) is 11.1 Å². The Morgan fingerprint density at radius 1 is 1.30 bits per heavy atom. The number of guanidine groups is 1. The highest BCUT2D eigenvalue weighted by Crippen LogP contribution is 2.02. The van der Waals surface area contributed by atoms with E-state index in [1.54, 1.807) is 7.05 Å². The first-order valence-electron chi connectivity index (χ1n) is 6.08. The highest BCUT2D eigenvalue weighted by Gasteiger charge is 2.03. The number of hydrogen-bond donors (Lipinski definition) is 2. The molecule has 0 atom stereocenters. The number of aliphatic imine (C=N–C) groups is 1. The number of nitrogens with one attached hydrogen (secondary N) is 2. The van der Waals surface area contributed by atoms with Crippen LogP contribution in [0.15, 0.2) is 29.3 Å². The minimum Gasteiger partial charge on any atom is -0.355 e. The van der Waals surface area contributed by atoms with Gasteiger partial charge in [-0.25, -0.2) is 8.42 Å². The molecule has 0 saturated heterocycles. The van der Waals surface area contributed by atoms with Crippen LogP contribution in [0.5, 0.6) is 0 Å². The quantitative estimate of drug-likeness (QED) is 0.436. The predicted octanol–water partition coefficient (Wildman–Crippen LogP) is 1.32. The average Bonchev–Trinajstić information content (AvgIpc) is 2.32. The van der Waals surface area contributed by atoms with Gasteiger partial charge in [-0.1, -0.05) is 29.8 Å². The monoisotopic (exact) mass is 411 g/mol. The molecule has 1 aromatic carbocycles. The van der Waals surface area contributed by atoms with Crippen LogP contribution in [0, 0.1) is 6.92 Å². The molecule has 0 aliphatic heterocycles. The number of rotatable bonds is 5. The molecule has 2 N–H and O–H groups in total. The number of benzene rings is 1. The summed E-state index contributed by atoms with van der Waals surface area (Å²) in [6.45, 7) is 3.05. The SMILES string of the molecule is CN=C(NCCS(C)(=O)=O)NCc1cccc(C)c1.I. The molecule has 5 nitrogen and oxygen atoms in total. The maximum atomic E-state index is 11.0. The van der Waals surface area contributed by atoms with Crippen LogP contribution >= 0.6 is 24.0 Å². The first kappa shape index (κ1) is 19.2. The molecule has 0 spiro atoms. The van der Waals surface area contributed by atoms with Gasteiger partial charge in [0.15, 0.2) is 5.96 Å². The second-order valence-corrected chi connectivity index (χ2v) is 6.73. The van der Waals surface area contributed by atoms with Crippen molar-refractivity contribution < 1.29 is 8.42 Å². The zero-order valence-corrected chi connectivity index (χ0v) is 15.2. The molecule has 0 saturated carbocycles. The highest BCUT2D eigenvalue weighted by atomic mass is 127. The van der Waals surface area contributed by atoms with E-state index in [1.165, 1.54) is 11.8 Å². The Morgan fingerprint density at radius 2 is 2.00 bits per heavy atom. The molecule has 0 aromatic heterocycles. The first-order valence-corrected chi connectivity index (χ1v) is 8.14. The maximum absolute atomic E-state index is 11.0. The summed E-state index contributed by atoms with van der Waals surface area (Å²) in [5, 5.41) is 6.11. The van der Waals surface area contributed by atoms with Crippen LogP contribution in [0.4, 0.5) is 0 Å². The lowest BCUT2D eigenvalue weighted by atomic mass is 10.1. The molecule has 114 valence electrons. The summed E-state index contributed by atoms with van der Waals surface area (Å²) in [4.78, 5) is 4.04. The molecule has 0 bridgehead atoms. The Morgan fingerprint density at radius 3 is 2.55 bits per heavy atom. The van der Waals surface area contributed by atoms with Gasteiger partial charge in [-0.2, -0.15) is 0 Å². The van der Waals surface area contributed by atoms with Gasteiger partial charge in [0.2, 0.25) is 0 Å². The molecule has 0 aliphatic carbocycles. The van der Waals surface area contributed by atoms with Crippen LogP contribution in [0.25, 0.3) is 0 Å². The number of hydrogen-bond acceptors (Lipinski definition) is 3. The lowest BCUT2D eigenvalue weighted by molar-refractivity contribution is 0.600. The largest absolute Gasteiger partial charge is 0.355 e. The summed E-state index contributed by atoms with van der Waals surface area (Å²) in [6, 6.07) is 8.18. The number of halogens is 1. The van der Waals surface area contributed by atoms with E-state index < -0.39 is 9.84 Å². The first-order chi connectivity index (χ1) is 8.90. The van der Waals surface area contributed by atoms with E-state index in [1.807, 2.05) is 25.1 Å². The molecule has 1 rings (SSSR count). The van der Waals surface area contributed by atoms with Crippen molar-refractivity contribution in [2.24, 2.45) is 4.99 Å². The molecular weight excluding hydrogens is 389 g/mol. The van der Waals surface area contributed by atoms with Gasteiger partial charge in [0.05, 0.1) is 5.75 Å². The highest BCUT2D eigenvalue weighted by molar-refractivity contribution is 14.0. The van der Waals surface area contributed by atoms with Gasteiger partial charge in [-0.05, 0) is 12.5 Å². The van der Waals surface area contributed by atoms with Gasteiger partial charge >= 0.3 is 0 Å². The van der Waals surface area contributed by atoms with E-state index in [4.69, 9.17) is 0 Å². The van der Waals surface area contributed by atoms with Crippen LogP contribution in [0.3, 0.4) is 0 Å². The molecule has 0 unspecified atom stereocenters. The smallest absolute Gasteiger partial charge is 0.191 e. The zero-order chi connectivity index (χ0) is 14.3. The molecule has 1 aromatic rings. The number of sulfone groups is 1. The van der Waals surface area contributed by atoms with Crippen molar-refractivity contribution in [2.45, 2.75) is 13.5 Å². The van der Waals surface area contributed by atoms with E-state index in [9.17, 15) is 8.42 Å². The van der Waals surface area contributed by atoms with Crippen LogP contribution < -0.4 is 10.6 Å². The second-order valence-electron chi connectivity index (χ2n) is 4.47. The van der Waals surface area contributed by atoms with Crippen molar-refractivity contribution in [3.63, 3.8) is 0 Å². The van der Waals surface area contributed by atoms with Crippen molar-refractivity contribution in [1.29, 1.82) is 0 Å². The summed E-state index contributed by atoms with van der Waals surface area (Å²) in [7, 11) is -1.29. The Labute approximate surface area is 138 Å². The Balaban J connectivity index is 0.00000361. The Hall–Kier alpha value is -0.830. The Kier molecular flexibility index (Phi) is 8.79. The van der Waals surface area contributed by atoms with E-state index in [0.29, 0.717) is 19.0 Å². The fourth-order valence-corrected chi connectivity index (χ4v) is 2.06. The molecular formula is C13H22IN3O2S. The summed E-state index contributed by atoms with van der Waals surface area (Å²) in [6.07, 6.45) is 1.22. The van der Waals surface area contributed by atoms with Crippen LogP contribution in [-0.4, -0.2) is 40.0 Å². The Bertz CT molecular complexity index is 544. The van der Waals surface area contributed by atoms with E-state index in [0.717, 1.165) is 5.56 Å². The second kappa shape index (κ2) is 9.17. The van der Waals surface area contributed by atoms with Gasteiger partial charge in [0.1, 0.15) is 9.84 Å². The van der Waals surface area contributed by atoms with Crippen LogP contribution in [0.2, 0.25) is 0 Å². The summed E-state index contributed by atoms with van der Waals surface area (Å²) in [5.74, 6) is 0.697. The van der Waals surface area contributed by atoms with E-state index >= 15 is 0 Å². The average molecular weight is 411 g/mol. The molecule has 20 heavy (non-hydrogen) atoms. The van der Waals surface area contributed by atoms with Crippen molar-refractivity contribution in [3.8, 4) is 0 Å². The summed E-state index contributed by atoms with van der Waals surface area (Å²) < 4.78 is 22.0. The van der Waals surface area contributed by atoms with Crippen LogP contribution in [-0.2, 0) is 16.4 Å². The number of aryl methyl sites for hydroxylation is 1. The zero-order valence-electron chi connectivity index (χ0n) is 12.0. The predicted molar refractivity (Wildman–Crippen MR) is 94.5 cm³/mol. The summed E-state index contributed by atoms with van der Waals surface area (Å²) >= 11 is 0. The lowest BCUT2D eigenvalue weighted by Gasteiger charge is -2.11. The van der Waals surface area contributed by atoms with Gasteiger partial charge < -0.3 is 10.6 Å². The lowest BCUT2D eigenvalue weighted by Crippen LogP contribution is -2.39. The minimum atomic E-state index is -2.95. The molecule has 0 radical (unpaired) electrons. The van der Waals surface area contributed by atoms with Crippen molar-refractivity contribution in [2.75, 3.05) is 25.6 Å². The standard InChI is InChI=1S/C13H21N3O2S.HI/c1-11-5-4-6-12(9-11)10-16-13(14-2)15-7-8-19(3,17)18;/h4-6,9H,7-8,10H2,1-3H3,(H2,14,15,16);1H. The fourth-order valence-electron chi connectivity index (χ4n) is 1.58. The van der Waals surface area contributed by atoms with Gasteiger partial charge in [-0.15, -0.1) is 24.0 Å². The van der Waals surface area contributed by atoms with Crippen molar-refractivity contribution in [3.05, 3.63) is 35.4 Å². The van der Waals surface area contributed by atoms with Crippen molar-refractivity contribution >= 4 is 39.8 Å². The van der Waals surface area contributed by atoms with E-state index in [2.05, 4.69) is 21.7 Å². The normalized spacial score (nSPS) is 11.7. The third kappa shape index (κ3) is 8.36. The molecule has 0 aliphatic rings. The summed E-state index contributed by atoms with van der Waals surface area (Å²) in [5.41, 5.74) is 2.37. The minimum absolute atomic E-state index is 0. The maximum Gasteiger partial charge on any atom is 0.191 e. The number of nitrogens with zero attached hydrogens (tertiary/aromatic N) is 1. The topological polar surface area (TPSA) is 70.6 Å². The van der Waals surface area contributed by atoms with Crippen molar-refractivity contribution in [1.82, 2.24) is 10.6 Å². The molecule has 0 fully saturated rings. The molecule has 7 heteroatoms. The van der Waals surface area contributed by atoms with Gasteiger partial charge in [0, 0.05) is 26.4 Å². The fraction of sp³-hybridized carbons (Fsp3) is 0.462. The molecule has 0 heterocycles. The van der Waals surface area contributed by atoms with Gasteiger partial charge in [0.25, 0.3) is 0 Å². The third-order valence-corrected chi connectivity index (χ3v) is 3.48. The third-order valence-electron chi connectivity index (χ3n) is 2.53.